The van der Waals surface area contributed by atoms with Gasteiger partial charge >= 0.3 is 0 Å². The Balaban J connectivity index is 2.08. The monoisotopic (exact) mass is 319 g/mol. The van der Waals surface area contributed by atoms with Gasteiger partial charge in [-0.05, 0) is 55.6 Å². The highest BCUT2D eigenvalue weighted by atomic mass is 32.1. The van der Waals surface area contributed by atoms with Gasteiger partial charge in [-0.15, -0.1) is 22.7 Å². The molecule has 0 saturated carbocycles. The molecule has 2 heterocycles. The van der Waals surface area contributed by atoms with Gasteiger partial charge in [0.15, 0.2) is 0 Å². The fourth-order valence-electron chi connectivity index (χ4n) is 2.67. The molecule has 0 aliphatic carbocycles. The highest BCUT2D eigenvalue weighted by Gasteiger charge is 2.19. The first-order valence-corrected chi connectivity index (χ1v) is 8.71. The fraction of sp³-hybridized carbons (Fsp3) is 0.294. The Hall–Kier alpha value is -1.23. The molecular weight excluding hydrogens is 301 g/mol. The average Bonchev–Trinajstić information content (AvgIpc) is 2.98. The maximum atomic E-state index is 13.4. The van der Waals surface area contributed by atoms with Crippen LogP contribution in [0.1, 0.15) is 33.2 Å². The Morgan fingerprint density at radius 3 is 2.62 bits per heavy atom. The van der Waals surface area contributed by atoms with Crippen LogP contribution in [0.4, 0.5) is 4.39 Å². The third kappa shape index (κ3) is 2.89. The van der Waals surface area contributed by atoms with Gasteiger partial charge in [-0.3, -0.25) is 0 Å². The second kappa shape index (κ2) is 5.87. The van der Waals surface area contributed by atoms with Crippen molar-refractivity contribution in [3.05, 3.63) is 56.3 Å². The minimum Gasteiger partial charge on any atom is -0.306 e. The van der Waals surface area contributed by atoms with E-state index < -0.39 is 0 Å². The number of rotatable bonds is 4. The van der Waals surface area contributed by atoms with Crippen molar-refractivity contribution in [2.24, 2.45) is 0 Å². The van der Waals surface area contributed by atoms with Gasteiger partial charge in [0, 0.05) is 19.3 Å². The Bertz CT molecular complexity index is 772. The number of fused-ring (bicyclic) bond motifs is 1. The highest BCUT2D eigenvalue weighted by Crippen LogP contribution is 2.36. The minimum absolute atomic E-state index is 0.168. The molecule has 0 saturated heterocycles. The maximum Gasteiger partial charge on any atom is 0.124 e. The second-order valence-corrected chi connectivity index (χ2v) is 7.77. The van der Waals surface area contributed by atoms with Gasteiger partial charge in [0.25, 0.3) is 0 Å². The molecule has 110 valence electrons. The van der Waals surface area contributed by atoms with Crippen molar-refractivity contribution in [2.75, 3.05) is 6.54 Å². The van der Waals surface area contributed by atoms with E-state index in [1.165, 1.54) is 26.3 Å². The van der Waals surface area contributed by atoms with Gasteiger partial charge in [-0.1, -0.05) is 13.0 Å². The molecule has 0 radical (unpaired) electrons. The van der Waals surface area contributed by atoms with Crippen LogP contribution < -0.4 is 5.32 Å². The summed E-state index contributed by atoms with van der Waals surface area (Å²) in [6.45, 7) is 7.34. The van der Waals surface area contributed by atoms with Crippen molar-refractivity contribution in [1.82, 2.24) is 5.32 Å². The molecule has 21 heavy (non-hydrogen) atoms. The number of aryl methyl sites for hydroxylation is 2. The summed E-state index contributed by atoms with van der Waals surface area (Å²) in [6, 6.07) is 9.65. The molecule has 0 spiro atoms. The Morgan fingerprint density at radius 1 is 1.14 bits per heavy atom. The summed E-state index contributed by atoms with van der Waals surface area (Å²) >= 11 is 3.51. The molecule has 0 aliphatic rings. The standard InChI is InChI=1S/C17H18FNS2/c1-4-19-17(14-7-10(2)20-11(14)3)16-8-12-5-6-13(18)9-15(12)21-16/h5-9,17,19H,4H2,1-3H3. The molecular formula is C17H18FNS2. The first-order valence-electron chi connectivity index (χ1n) is 7.07. The van der Waals surface area contributed by atoms with Crippen LogP contribution in [0.25, 0.3) is 10.1 Å². The maximum absolute atomic E-state index is 13.4. The SMILES string of the molecule is CCNC(c1cc2ccc(F)cc2s1)c1cc(C)sc1C. The molecule has 3 aromatic rings. The quantitative estimate of drug-likeness (QED) is 0.677. The van der Waals surface area contributed by atoms with Crippen molar-refractivity contribution in [3.63, 3.8) is 0 Å². The largest absolute Gasteiger partial charge is 0.306 e. The van der Waals surface area contributed by atoms with E-state index in [9.17, 15) is 4.39 Å². The molecule has 1 nitrogen and oxygen atoms in total. The second-order valence-electron chi connectivity index (χ2n) is 5.19. The van der Waals surface area contributed by atoms with Gasteiger partial charge in [0.1, 0.15) is 5.82 Å². The summed E-state index contributed by atoms with van der Waals surface area (Å²) in [6.07, 6.45) is 0. The highest BCUT2D eigenvalue weighted by molar-refractivity contribution is 7.19. The Labute approximate surface area is 132 Å². The zero-order valence-corrected chi connectivity index (χ0v) is 14.0. The molecule has 2 aromatic heterocycles. The normalized spacial score (nSPS) is 13.0. The smallest absolute Gasteiger partial charge is 0.124 e. The lowest BCUT2D eigenvalue weighted by Gasteiger charge is -2.16. The summed E-state index contributed by atoms with van der Waals surface area (Å²) in [5.74, 6) is -0.168. The van der Waals surface area contributed by atoms with E-state index in [0.29, 0.717) is 0 Å². The lowest BCUT2D eigenvalue weighted by atomic mass is 10.1. The van der Waals surface area contributed by atoms with Crippen molar-refractivity contribution < 1.29 is 4.39 Å². The molecule has 0 fully saturated rings. The van der Waals surface area contributed by atoms with Crippen LogP contribution in [-0.2, 0) is 0 Å². The lowest BCUT2D eigenvalue weighted by molar-refractivity contribution is 0.630. The number of halogens is 1. The number of benzene rings is 1. The van der Waals surface area contributed by atoms with Crippen LogP contribution in [0.5, 0.6) is 0 Å². The van der Waals surface area contributed by atoms with E-state index in [-0.39, 0.29) is 11.9 Å². The predicted molar refractivity (Wildman–Crippen MR) is 91.1 cm³/mol. The van der Waals surface area contributed by atoms with Crippen molar-refractivity contribution in [2.45, 2.75) is 26.8 Å². The number of thiophene rings is 2. The minimum atomic E-state index is -0.168. The lowest BCUT2D eigenvalue weighted by Crippen LogP contribution is -2.21. The average molecular weight is 319 g/mol. The topological polar surface area (TPSA) is 12.0 Å². The van der Waals surface area contributed by atoms with Crippen LogP contribution in [0, 0.1) is 19.7 Å². The number of hydrogen-bond donors (Lipinski definition) is 1. The first kappa shape index (κ1) is 14.7. The van der Waals surface area contributed by atoms with E-state index in [4.69, 9.17) is 0 Å². The van der Waals surface area contributed by atoms with E-state index in [1.54, 1.807) is 17.4 Å². The molecule has 0 amide bonds. The summed E-state index contributed by atoms with van der Waals surface area (Å²) < 4.78 is 14.4. The van der Waals surface area contributed by atoms with Crippen molar-refractivity contribution >= 4 is 32.8 Å². The first-order chi connectivity index (χ1) is 10.1. The zero-order chi connectivity index (χ0) is 15.0. The van der Waals surface area contributed by atoms with Crippen LogP contribution >= 0.6 is 22.7 Å². The van der Waals surface area contributed by atoms with Gasteiger partial charge in [-0.25, -0.2) is 4.39 Å². The van der Waals surface area contributed by atoms with Crippen LogP contribution in [-0.4, -0.2) is 6.54 Å². The van der Waals surface area contributed by atoms with Gasteiger partial charge in [-0.2, -0.15) is 0 Å². The zero-order valence-electron chi connectivity index (χ0n) is 12.4. The van der Waals surface area contributed by atoms with E-state index in [0.717, 1.165) is 16.6 Å². The van der Waals surface area contributed by atoms with Crippen LogP contribution in [0.3, 0.4) is 0 Å². The number of hydrogen-bond acceptors (Lipinski definition) is 3. The van der Waals surface area contributed by atoms with Gasteiger partial charge in [0.2, 0.25) is 0 Å². The molecule has 1 unspecified atom stereocenters. The van der Waals surface area contributed by atoms with Crippen molar-refractivity contribution in [1.29, 1.82) is 0 Å². The summed E-state index contributed by atoms with van der Waals surface area (Å²) in [4.78, 5) is 3.93. The van der Waals surface area contributed by atoms with E-state index in [1.807, 2.05) is 17.4 Å². The third-order valence-corrected chi connectivity index (χ3v) is 5.73. The summed E-state index contributed by atoms with van der Waals surface area (Å²) in [7, 11) is 0. The molecule has 1 N–H and O–H groups in total. The summed E-state index contributed by atoms with van der Waals surface area (Å²) in [5.41, 5.74) is 1.34. The van der Waals surface area contributed by atoms with Gasteiger partial charge < -0.3 is 5.32 Å². The van der Waals surface area contributed by atoms with Gasteiger partial charge in [0.05, 0.1) is 6.04 Å². The molecule has 1 aromatic carbocycles. The Morgan fingerprint density at radius 2 is 1.95 bits per heavy atom. The van der Waals surface area contributed by atoms with E-state index in [2.05, 4.69) is 38.2 Å². The van der Waals surface area contributed by atoms with E-state index >= 15 is 0 Å². The molecule has 0 aliphatic heterocycles. The number of nitrogens with one attached hydrogen (secondary N) is 1. The van der Waals surface area contributed by atoms with Crippen LogP contribution in [0.15, 0.2) is 30.3 Å². The molecule has 0 bridgehead atoms. The summed E-state index contributed by atoms with van der Waals surface area (Å²) in [5, 5.41) is 4.68. The molecule has 1 atom stereocenters. The third-order valence-electron chi connectivity index (χ3n) is 3.58. The molecule has 4 heteroatoms. The fourth-order valence-corrected chi connectivity index (χ4v) is 4.82. The Kier molecular flexibility index (Phi) is 4.11. The molecule has 3 rings (SSSR count). The van der Waals surface area contributed by atoms with Crippen molar-refractivity contribution in [3.8, 4) is 0 Å². The van der Waals surface area contributed by atoms with Crippen LogP contribution in [0.2, 0.25) is 0 Å². The predicted octanol–water partition coefficient (Wildman–Crippen LogP) is 5.42.